The number of hydrogen-bond donors (Lipinski definition) is 2. The predicted octanol–water partition coefficient (Wildman–Crippen LogP) is 0.908. The maximum atomic E-state index is 12.7. The number of carbonyl (C=O) groups excluding carboxylic acids is 1. The van der Waals surface area contributed by atoms with E-state index in [9.17, 15) is 14.7 Å². The van der Waals surface area contributed by atoms with E-state index in [-0.39, 0.29) is 11.8 Å². The second kappa shape index (κ2) is 6.06. The maximum absolute atomic E-state index is 12.7. The van der Waals surface area contributed by atoms with Crippen LogP contribution in [0, 0.1) is 5.92 Å². The minimum absolute atomic E-state index is 0.0550. The van der Waals surface area contributed by atoms with Crippen LogP contribution in [0.5, 0.6) is 0 Å². The van der Waals surface area contributed by atoms with E-state index >= 15 is 0 Å². The largest absolute Gasteiger partial charge is 0.479 e. The van der Waals surface area contributed by atoms with E-state index in [0.717, 1.165) is 18.4 Å². The van der Waals surface area contributed by atoms with Crippen LogP contribution >= 0.6 is 0 Å². The van der Waals surface area contributed by atoms with Crippen molar-refractivity contribution in [2.75, 3.05) is 13.2 Å². The first-order valence-corrected chi connectivity index (χ1v) is 7.54. The highest BCUT2D eigenvalue weighted by Crippen LogP contribution is 2.35. The summed E-state index contributed by atoms with van der Waals surface area (Å²) in [6, 6.07) is 5.67. The monoisotopic (exact) mass is 304 g/mol. The molecule has 1 saturated heterocycles. The molecule has 3 N–H and O–H groups in total. The summed E-state index contributed by atoms with van der Waals surface area (Å²) in [5.74, 6) is -1.24. The van der Waals surface area contributed by atoms with Gasteiger partial charge in [-0.05, 0) is 29.9 Å². The zero-order chi connectivity index (χ0) is 15.7. The molecule has 0 radical (unpaired) electrons. The molecular formula is C16H20N2O4. The van der Waals surface area contributed by atoms with Gasteiger partial charge in [0, 0.05) is 19.8 Å². The molecule has 22 heavy (non-hydrogen) atoms. The van der Waals surface area contributed by atoms with E-state index < -0.39 is 18.1 Å². The summed E-state index contributed by atoms with van der Waals surface area (Å²) in [5.41, 5.74) is 7.69. The molecule has 3 rings (SSSR count). The van der Waals surface area contributed by atoms with Crippen LogP contribution in [0.1, 0.15) is 30.0 Å². The molecule has 0 aromatic heterocycles. The Labute approximate surface area is 128 Å². The zero-order valence-electron chi connectivity index (χ0n) is 12.3. The van der Waals surface area contributed by atoms with E-state index in [2.05, 4.69) is 0 Å². The fourth-order valence-electron chi connectivity index (χ4n) is 3.33. The number of nitrogens with zero attached hydrogens (tertiary/aromatic N) is 1. The Kier molecular flexibility index (Phi) is 4.13. The first kappa shape index (κ1) is 15.0. The highest BCUT2D eigenvalue weighted by molar-refractivity contribution is 5.89. The number of carbonyl (C=O) groups is 2. The van der Waals surface area contributed by atoms with Crippen molar-refractivity contribution < 1.29 is 19.4 Å². The van der Waals surface area contributed by atoms with Gasteiger partial charge in [0.25, 0.3) is 0 Å². The minimum Gasteiger partial charge on any atom is -0.479 e. The molecule has 0 bridgehead atoms. The summed E-state index contributed by atoms with van der Waals surface area (Å²) in [7, 11) is 0. The average molecular weight is 304 g/mol. The molecule has 2 aliphatic rings. The van der Waals surface area contributed by atoms with Crippen LogP contribution in [0.2, 0.25) is 0 Å². The highest BCUT2D eigenvalue weighted by atomic mass is 16.5. The van der Waals surface area contributed by atoms with E-state index in [1.807, 2.05) is 12.1 Å². The van der Waals surface area contributed by atoms with Crippen LogP contribution in [-0.2, 0) is 20.9 Å². The molecule has 0 saturated carbocycles. The Balaban J connectivity index is 1.81. The Morgan fingerprint density at radius 1 is 1.27 bits per heavy atom. The third-order valence-electron chi connectivity index (χ3n) is 4.58. The van der Waals surface area contributed by atoms with Crippen molar-refractivity contribution in [3.8, 4) is 0 Å². The SMILES string of the molecule is NC(C(=O)N1Cc2ccccc2[C@H]1C(=O)O)C1CCOCC1. The van der Waals surface area contributed by atoms with Crippen LogP contribution in [0.15, 0.2) is 24.3 Å². The van der Waals surface area contributed by atoms with Crippen molar-refractivity contribution in [1.82, 2.24) is 4.90 Å². The van der Waals surface area contributed by atoms with Crippen LogP contribution in [0.4, 0.5) is 0 Å². The van der Waals surface area contributed by atoms with E-state index in [1.54, 1.807) is 12.1 Å². The minimum atomic E-state index is -1.02. The number of carboxylic acids is 1. The van der Waals surface area contributed by atoms with Crippen molar-refractivity contribution in [2.24, 2.45) is 11.7 Å². The summed E-state index contributed by atoms with van der Waals surface area (Å²) in [6.07, 6.45) is 1.48. The third-order valence-corrected chi connectivity index (χ3v) is 4.58. The highest BCUT2D eigenvalue weighted by Gasteiger charge is 2.41. The summed E-state index contributed by atoms with van der Waals surface area (Å²) in [4.78, 5) is 25.7. The van der Waals surface area contributed by atoms with Crippen LogP contribution in [-0.4, -0.2) is 41.1 Å². The molecular weight excluding hydrogens is 284 g/mol. The fraction of sp³-hybridized carbons (Fsp3) is 0.500. The van der Waals surface area contributed by atoms with Gasteiger partial charge in [-0.3, -0.25) is 4.79 Å². The topological polar surface area (TPSA) is 92.9 Å². The molecule has 1 aromatic carbocycles. The van der Waals surface area contributed by atoms with E-state index in [1.165, 1.54) is 4.90 Å². The molecule has 6 nitrogen and oxygen atoms in total. The number of hydrogen-bond acceptors (Lipinski definition) is 4. The predicted molar refractivity (Wildman–Crippen MR) is 78.9 cm³/mol. The summed E-state index contributed by atoms with van der Waals surface area (Å²) >= 11 is 0. The molecule has 0 spiro atoms. The Bertz CT molecular complexity index is 583. The summed E-state index contributed by atoms with van der Waals surface area (Å²) < 4.78 is 5.29. The number of fused-ring (bicyclic) bond motifs is 1. The summed E-state index contributed by atoms with van der Waals surface area (Å²) in [5, 5.41) is 9.52. The first-order chi connectivity index (χ1) is 10.6. The van der Waals surface area contributed by atoms with Gasteiger partial charge in [-0.15, -0.1) is 0 Å². The van der Waals surface area contributed by atoms with Crippen molar-refractivity contribution in [3.05, 3.63) is 35.4 Å². The van der Waals surface area contributed by atoms with Gasteiger partial charge in [0.05, 0.1) is 6.04 Å². The molecule has 118 valence electrons. The lowest BCUT2D eigenvalue weighted by atomic mass is 9.91. The van der Waals surface area contributed by atoms with Crippen molar-refractivity contribution >= 4 is 11.9 Å². The van der Waals surface area contributed by atoms with Crippen molar-refractivity contribution in [3.63, 3.8) is 0 Å². The number of ether oxygens (including phenoxy) is 1. The fourth-order valence-corrected chi connectivity index (χ4v) is 3.33. The molecule has 6 heteroatoms. The molecule has 2 atom stereocenters. The lowest BCUT2D eigenvalue weighted by molar-refractivity contribution is -0.151. The second-order valence-electron chi connectivity index (χ2n) is 5.88. The van der Waals surface area contributed by atoms with Gasteiger partial charge in [-0.25, -0.2) is 4.79 Å². The van der Waals surface area contributed by atoms with Gasteiger partial charge < -0.3 is 20.5 Å². The van der Waals surface area contributed by atoms with Gasteiger partial charge in [-0.2, -0.15) is 0 Å². The molecule has 1 fully saturated rings. The van der Waals surface area contributed by atoms with Gasteiger partial charge in [0.15, 0.2) is 6.04 Å². The number of amides is 1. The zero-order valence-corrected chi connectivity index (χ0v) is 12.3. The van der Waals surface area contributed by atoms with Crippen LogP contribution < -0.4 is 5.73 Å². The van der Waals surface area contributed by atoms with E-state index in [4.69, 9.17) is 10.5 Å². The first-order valence-electron chi connectivity index (χ1n) is 7.54. The maximum Gasteiger partial charge on any atom is 0.331 e. The Morgan fingerprint density at radius 3 is 2.64 bits per heavy atom. The molecule has 0 aliphatic carbocycles. The van der Waals surface area contributed by atoms with Crippen LogP contribution in [0.25, 0.3) is 0 Å². The molecule has 1 amide bonds. The smallest absolute Gasteiger partial charge is 0.331 e. The Hall–Kier alpha value is -1.92. The van der Waals surface area contributed by atoms with Crippen molar-refractivity contribution in [1.29, 1.82) is 0 Å². The quantitative estimate of drug-likeness (QED) is 0.866. The lowest BCUT2D eigenvalue weighted by Gasteiger charge is -2.31. The van der Waals surface area contributed by atoms with Gasteiger partial charge in [-0.1, -0.05) is 24.3 Å². The van der Waals surface area contributed by atoms with Gasteiger partial charge >= 0.3 is 5.97 Å². The third kappa shape index (κ3) is 2.60. The molecule has 2 heterocycles. The summed E-state index contributed by atoms with van der Waals surface area (Å²) in [6.45, 7) is 1.52. The number of aliphatic carboxylic acids is 1. The number of carboxylic acid groups (broad SMARTS) is 1. The van der Waals surface area contributed by atoms with Gasteiger partial charge in [0.2, 0.25) is 5.91 Å². The lowest BCUT2D eigenvalue weighted by Crippen LogP contribution is -2.49. The number of rotatable bonds is 3. The molecule has 1 aromatic rings. The van der Waals surface area contributed by atoms with E-state index in [0.29, 0.717) is 25.3 Å². The number of benzene rings is 1. The second-order valence-corrected chi connectivity index (χ2v) is 5.88. The van der Waals surface area contributed by atoms with Gasteiger partial charge in [0.1, 0.15) is 0 Å². The van der Waals surface area contributed by atoms with Crippen LogP contribution in [0.3, 0.4) is 0 Å². The molecule has 1 unspecified atom stereocenters. The standard InChI is InChI=1S/C16H20N2O4/c17-13(10-5-7-22-8-6-10)15(19)18-9-11-3-1-2-4-12(11)14(18)16(20)21/h1-4,10,13-14H,5-9,17H2,(H,20,21)/t13?,14-/m0/s1. The number of nitrogens with two attached hydrogens (primary N) is 1. The Morgan fingerprint density at radius 2 is 1.95 bits per heavy atom. The normalized spacial score (nSPS) is 23.1. The molecule has 2 aliphatic heterocycles. The van der Waals surface area contributed by atoms with Crippen molar-refractivity contribution in [2.45, 2.75) is 31.5 Å². The average Bonchev–Trinajstić information content (AvgIpc) is 2.94.